The summed E-state index contributed by atoms with van der Waals surface area (Å²) in [4.78, 5) is 0. The maximum Gasteiger partial charge on any atom is 0.234 e. The Balaban J connectivity index is 2.07. The van der Waals surface area contributed by atoms with E-state index >= 15 is 0 Å². The van der Waals surface area contributed by atoms with Gasteiger partial charge in [-0.05, 0) is 28.1 Å². The molecular weight excluding hydrogens is 294 g/mol. The van der Waals surface area contributed by atoms with Crippen LogP contribution < -0.4 is 0 Å². The van der Waals surface area contributed by atoms with E-state index in [1.807, 2.05) is 30.3 Å². The van der Waals surface area contributed by atoms with Crippen LogP contribution in [0.2, 0.25) is 5.22 Å². The highest BCUT2D eigenvalue weighted by molar-refractivity contribution is 6.32. The molecule has 0 unspecified atom stereocenters. The first kappa shape index (κ1) is 14.9. The highest BCUT2D eigenvalue weighted by Crippen LogP contribution is 2.37. The molecule has 0 saturated heterocycles. The fourth-order valence-corrected chi connectivity index (χ4v) is 2.68. The van der Waals surface area contributed by atoms with Crippen LogP contribution in [0.5, 0.6) is 0 Å². The van der Waals surface area contributed by atoms with Crippen molar-refractivity contribution in [3.63, 3.8) is 0 Å². The Bertz CT molecular complexity index is 767. The van der Waals surface area contributed by atoms with Crippen LogP contribution >= 0.6 is 11.6 Å². The third-order valence-electron chi connectivity index (χ3n) is 3.74. The van der Waals surface area contributed by atoms with Crippen LogP contribution in [-0.4, -0.2) is 5.16 Å². The second-order valence-corrected chi connectivity index (χ2v) is 6.72. The van der Waals surface area contributed by atoms with Crippen LogP contribution in [0.25, 0.3) is 22.4 Å². The minimum Gasteiger partial charge on any atom is -0.343 e. The molecule has 1 heterocycles. The molecule has 3 heteroatoms. The molecule has 0 aliphatic heterocycles. The van der Waals surface area contributed by atoms with Crippen molar-refractivity contribution in [2.75, 3.05) is 0 Å². The summed E-state index contributed by atoms with van der Waals surface area (Å²) in [7, 11) is 0. The van der Waals surface area contributed by atoms with E-state index in [9.17, 15) is 0 Å². The van der Waals surface area contributed by atoms with E-state index in [2.05, 4.69) is 50.2 Å². The molecule has 1 aromatic heterocycles. The summed E-state index contributed by atoms with van der Waals surface area (Å²) >= 11 is 6.20. The van der Waals surface area contributed by atoms with Crippen LogP contribution in [-0.2, 0) is 5.41 Å². The highest BCUT2D eigenvalue weighted by Gasteiger charge is 2.19. The summed E-state index contributed by atoms with van der Waals surface area (Å²) in [6.45, 7) is 6.60. The van der Waals surface area contributed by atoms with Gasteiger partial charge in [0.2, 0.25) is 5.22 Å². The Morgan fingerprint density at radius 3 is 2.09 bits per heavy atom. The topological polar surface area (TPSA) is 26.0 Å². The summed E-state index contributed by atoms with van der Waals surface area (Å²) in [6, 6.07) is 18.3. The summed E-state index contributed by atoms with van der Waals surface area (Å²) < 4.78 is 5.22. The normalized spacial score (nSPS) is 11.6. The molecule has 0 radical (unpaired) electrons. The summed E-state index contributed by atoms with van der Waals surface area (Å²) in [5.74, 6) is 0. The Hall–Kier alpha value is -2.06. The van der Waals surface area contributed by atoms with Crippen molar-refractivity contribution in [2.24, 2.45) is 0 Å². The van der Waals surface area contributed by atoms with Crippen molar-refractivity contribution >= 4 is 11.6 Å². The van der Waals surface area contributed by atoms with Crippen LogP contribution in [0, 0.1) is 0 Å². The zero-order valence-corrected chi connectivity index (χ0v) is 13.7. The van der Waals surface area contributed by atoms with Crippen molar-refractivity contribution in [3.05, 3.63) is 65.4 Å². The van der Waals surface area contributed by atoms with Crippen molar-refractivity contribution in [1.29, 1.82) is 0 Å². The Kier molecular flexibility index (Phi) is 3.79. The summed E-state index contributed by atoms with van der Waals surface area (Å²) in [5.41, 5.74) is 5.03. The van der Waals surface area contributed by atoms with Crippen molar-refractivity contribution in [2.45, 2.75) is 26.2 Å². The lowest BCUT2D eigenvalue weighted by Gasteiger charge is -2.19. The molecule has 2 aromatic carbocycles. The van der Waals surface area contributed by atoms with Gasteiger partial charge in [-0.25, -0.2) is 0 Å². The molecule has 0 spiro atoms. The zero-order valence-electron chi connectivity index (χ0n) is 12.9. The van der Waals surface area contributed by atoms with Crippen LogP contribution in [0.4, 0.5) is 0 Å². The molecule has 0 fully saturated rings. The van der Waals surface area contributed by atoms with E-state index in [0.717, 1.165) is 22.4 Å². The standard InChI is InChI=1S/C19H18ClNO/c1-19(2,3)15-11-9-14(10-12-15)17-16(18(20)22-21-17)13-7-5-4-6-8-13/h4-12H,1-3H3. The lowest BCUT2D eigenvalue weighted by atomic mass is 9.86. The second-order valence-electron chi connectivity index (χ2n) is 6.37. The number of benzene rings is 2. The first-order valence-electron chi connectivity index (χ1n) is 7.28. The van der Waals surface area contributed by atoms with Crippen LogP contribution in [0.3, 0.4) is 0 Å². The van der Waals surface area contributed by atoms with Gasteiger partial charge in [-0.3, -0.25) is 0 Å². The lowest BCUT2D eigenvalue weighted by molar-refractivity contribution is 0.424. The van der Waals surface area contributed by atoms with E-state index in [1.54, 1.807) is 0 Å². The number of hydrogen-bond donors (Lipinski definition) is 0. The fraction of sp³-hybridized carbons (Fsp3) is 0.211. The SMILES string of the molecule is CC(C)(C)c1ccc(-c2noc(Cl)c2-c2ccccc2)cc1. The van der Waals surface area contributed by atoms with E-state index in [0.29, 0.717) is 5.22 Å². The Morgan fingerprint density at radius 2 is 1.50 bits per heavy atom. The van der Waals surface area contributed by atoms with Gasteiger partial charge in [0.25, 0.3) is 0 Å². The number of halogens is 1. The summed E-state index contributed by atoms with van der Waals surface area (Å²) in [5, 5.41) is 4.47. The predicted octanol–water partition coefficient (Wildman–Crippen LogP) is 5.96. The van der Waals surface area contributed by atoms with Crippen LogP contribution in [0.1, 0.15) is 26.3 Å². The Morgan fingerprint density at radius 1 is 0.864 bits per heavy atom. The van der Waals surface area contributed by atoms with E-state index in [4.69, 9.17) is 16.1 Å². The lowest BCUT2D eigenvalue weighted by Crippen LogP contribution is -2.10. The third-order valence-corrected chi connectivity index (χ3v) is 4.00. The fourth-order valence-electron chi connectivity index (χ4n) is 2.45. The minimum absolute atomic E-state index is 0.127. The molecule has 0 amide bonds. The first-order chi connectivity index (χ1) is 10.5. The molecule has 3 rings (SSSR count). The number of hydrogen-bond acceptors (Lipinski definition) is 2. The zero-order chi connectivity index (χ0) is 15.7. The highest BCUT2D eigenvalue weighted by atomic mass is 35.5. The number of rotatable bonds is 2. The van der Waals surface area contributed by atoms with Gasteiger partial charge >= 0.3 is 0 Å². The molecule has 22 heavy (non-hydrogen) atoms. The van der Waals surface area contributed by atoms with E-state index in [-0.39, 0.29) is 5.41 Å². The van der Waals surface area contributed by atoms with Crippen molar-refractivity contribution < 1.29 is 4.52 Å². The molecule has 2 nitrogen and oxygen atoms in total. The average Bonchev–Trinajstić information content (AvgIpc) is 2.89. The van der Waals surface area contributed by atoms with E-state index in [1.165, 1.54) is 5.56 Å². The van der Waals surface area contributed by atoms with Gasteiger partial charge in [-0.1, -0.05) is 80.5 Å². The van der Waals surface area contributed by atoms with Crippen LogP contribution in [0.15, 0.2) is 59.1 Å². The molecule has 0 aliphatic carbocycles. The molecule has 0 aliphatic rings. The van der Waals surface area contributed by atoms with Gasteiger partial charge in [0, 0.05) is 5.56 Å². The maximum absolute atomic E-state index is 6.20. The quantitative estimate of drug-likeness (QED) is 0.583. The largest absolute Gasteiger partial charge is 0.343 e. The second kappa shape index (κ2) is 5.62. The molecular formula is C19H18ClNO. The molecule has 3 aromatic rings. The van der Waals surface area contributed by atoms with Gasteiger partial charge in [-0.15, -0.1) is 0 Å². The maximum atomic E-state index is 6.20. The number of nitrogens with zero attached hydrogens (tertiary/aromatic N) is 1. The van der Waals surface area contributed by atoms with Crippen molar-refractivity contribution in [3.8, 4) is 22.4 Å². The molecule has 0 saturated carbocycles. The van der Waals surface area contributed by atoms with Gasteiger partial charge < -0.3 is 4.52 Å². The van der Waals surface area contributed by atoms with E-state index < -0.39 is 0 Å². The predicted molar refractivity (Wildman–Crippen MR) is 91.1 cm³/mol. The van der Waals surface area contributed by atoms with Gasteiger partial charge in [0.1, 0.15) is 5.69 Å². The first-order valence-corrected chi connectivity index (χ1v) is 7.66. The smallest absolute Gasteiger partial charge is 0.234 e. The van der Waals surface area contributed by atoms with Gasteiger partial charge in [0.05, 0.1) is 5.56 Å². The third kappa shape index (κ3) is 2.79. The molecule has 0 atom stereocenters. The van der Waals surface area contributed by atoms with Gasteiger partial charge in [-0.2, -0.15) is 0 Å². The molecule has 0 bridgehead atoms. The molecule has 0 N–H and O–H groups in total. The monoisotopic (exact) mass is 311 g/mol. The summed E-state index contributed by atoms with van der Waals surface area (Å²) in [6.07, 6.45) is 0. The molecule has 112 valence electrons. The minimum atomic E-state index is 0.127. The average molecular weight is 312 g/mol. The number of aromatic nitrogens is 1. The van der Waals surface area contributed by atoms with Crippen molar-refractivity contribution in [1.82, 2.24) is 5.16 Å². The van der Waals surface area contributed by atoms with Gasteiger partial charge in [0.15, 0.2) is 0 Å². The Labute approximate surface area is 135 Å².